The Morgan fingerprint density at radius 2 is 2.35 bits per heavy atom. The number of rotatable bonds is 4. The van der Waals surface area contributed by atoms with E-state index >= 15 is 0 Å². The first-order chi connectivity index (χ1) is 11.3. The SMILES string of the molecule is CCOc1ncccc1C(=O)N1CCSC(c2ccco2)CC1. The second-order valence-corrected chi connectivity index (χ2v) is 6.56. The maximum absolute atomic E-state index is 12.8. The molecule has 1 amide bonds. The highest BCUT2D eigenvalue weighted by molar-refractivity contribution is 7.99. The van der Waals surface area contributed by atoms with Gasteiger partial charge in [-0.3, -0.25) is 4.79 Å². The predicted octanol–water partition coefficient (Wildman–Crippen LogP) is 3.39. The quantitative estimate of drug-likeness (QED) is 0.859. The predicted molar refractivity (Wildman–Crippen MR) is 89.8 cm³/mol. The molecule has 1 aliphatic heterocycles. The largest absolute Gasteiger partial charge is 0.477 e. The molecule has 23 heavy (non-hydrogen) atoms. The molecule has 1 saturated heterocycles. The summed E-state index contributed by atoms with van der Waals surface area (Å²) in [4.78, 5) is 18.9. The lowest BCUT2D eigenvalue weighted by molar-refractivity contribution is 0.0761. The van der Waals surface area contributed by atoms with Crippen molar-refractivity contribution < 1.29 is 13.9 Å². The fraction of sp³-hybridized carbons (Fsp3) is 0.412. The van der Waals surface area contributed by atoms with Crippen molar-refractivity contribution >= 4 is 17.7 Å². The molecule has 0 radical (unpaired) electrons. The van der Waals surface area contributed by atoms with E-state index in [4.69, 9.17) is 9.15 Å². The topological polar surface area (TPSA) is 55.6 Å². The maximum Gasteiger partial charge on any atom is 0.259 e. The van der Waals surface area contributed by atoms with Crippen LogP contribution in [0.1, 0.15) is 34.7 Å². The van der Waals surface area contributed by atoms with E-state index in [-0.39, 0.29) is 5.91 Å². The molecule has 122 valence electrons. The number of furan rings is 1. The minimum Gasteiger partial charge on any atom is -0.477 e. The van der Waals surface area contributed by atoms with Gasteiger partial charge in [-0.25, -0.2) is 4.98 Å². The Hall–Kier alpha value is -1.95. The average Bonchev–Trinajstić information content (AvgIpc) is 3.00. The zero-order valence-corrected chi connectivity index (χ0v) is 13.9. The lowest BCUT2D eigenvalue weighted by Gasteiger charge is -2.21. The van der Waals surface area contributed by atoms with Crippen molar-refractivity contribution in [2.45, 2.75) is 18.6 Å². The maximum atomic E-state index is 12.8. The Morgan fingerprint density at radius 3 is 3.13 bits per heavy atom. The second kappa shape index (κ2) is 7.55. The van der Waals surface area contributed by atoms with Crippen LogP contribution in [0.3, 0.4) is 0 Å². The summed E-state index contributed by atoms with van der Waals surface area (Å²) >= 11 is 1.84. The van der Waals surface area contributed by atoms with E-state index in [1.807, 2.05) is 35.7 Å². The third-order valence-corrected chi connectivity index (χ3v) is 5.06. The molecule has 1 aliphatic rings. The Morgan fingerprint density at radius 1 is 1.43 bits per heavy atom. The fourth-order valence-electron chi connectivity index (χ4n) is 2.65. The van der Waals surface area contributed by atoms with Gasteiger partial charge in [-0.1, -0.05) is 0 Å². The lowest BCUT2D eigenvalue weighted by atomic mass is 10.2. The van der Waals surface area contributed by atoms with Crippen LogP contribution >= 0.6 is 11.8 Å². The molecule has 3 heterocycles. The molecule has 2 aromatic heterocycles. The average molecular weight is 332 g/mol. The molecule has 0 spiro atoms. The first-order valence-electron chi connectivity index (χ1n) is 7.81. The van der Waals surface area contributed by atoms with Crippen LogP contribution in [0, 0.1) is 0 Å². The number of aromatic nitrogens is 1. The Balaban J connectivity index is 1.71. The molecule has 1 atom stereocenters. The van der Waals surface area contributed by atoms with Crippen molar-refractivity contribution in [3.63, 3.8) is 0 Å². The van der Waals surface area contributed by atoms with Gasteiger partial charge in [-0.2, -0.15) is 0 Å². The van der Waals surface area contributed by atoms with E-state index in [0.29, 0.717) is 29.8 Å². The first-order valence-corrected chi connectivity index (χ1v) is 8.86. The number of ether oxygens (including phenoxy) is 1. The number of carbonyl (C=O) groups is 1. The molecular formula is C17H20N2O3S. The Bertz CT molecular complexity index is 645. The molecular weight excluding hydrogens is 312 g/mol. The highest BCUT2D eigenvalue weighted by atomic mass is 32.2. The highest BCUT2D eigenvalue weighted by Crippen LogP contribution is 2.35. The fourth-order valence-corrected chi connectivity index (χ4v) is 3.83. The number of carbonyl (C=O) groups excluding carboxylic acids is 1. The van der Waals surface area contributed by atoms with Crippen LogP contribution in [0.5, 0.6) is 5.88 Å². The third kappa shape index (κ3) is 3.69. The van der Waals surface area contributed by atoms with Crippen LogP contribution in [0.25, 0.3) is 0 Å². The van der Waals surface area contributed by atoms with Crippen molar-refractivity contribution in [1.82, 2.24) is 9.88 Å². The van der Waals surface area contributed by atoms with Crippen LogP contribution in [0.2, 0.25) is 0 Å². The van der Waals surface area contributed by atoms with Gasteiger partial charge in [-0.15, -0.1) is 11.8 Å². The van der Waals surface area contributed by atoms with E-state index in [1.165, 1.54) is 0 Å². The molecule has 0 aromatic carbocycles. The molecule has 0 bridgehead atoms. The van der Waals surface area contributed by atoms with Crippen molar-refractivity contribution in [2.75, 3.05) is 25.4 Å². The van der Waals surface area contributed by atoms with Gasteiger partial charge in [0.05, 0.1) is 18.1 Å². The summed E-state index contributed by atoms with van der Waals surface area (Å²) in [5.41, 5.74) is 0.538. The summed E-state index contributed by atoms with van der Waals surface area (Å²) in [7, 11) is 0. The molecule has 6 heteroatoms. The zero-order valence-electron chi connectivity index (χ0n) is 13.1. The van der Waals surface area contributed by atoms with E-state index in [2.05, 4.69) is 4.98 Å². The first kappa shape index (κ1) is 15.9. The van der Waals surface area contributed by atoms with E-state index in [1.54, 1.807) is 24.6 Å². The van der Waals surface area contributed by atoms with Crippen molar-refractivity contribution in [3.05, 3.63) is 48.0 Å². The molecule has 0 aliphatic carbocycles. The van der Waals surface area contributed by atoms with Gasteiger partial charge in [0.25, 0.3) is 5.91 Å². The second-order valence-electron chi connectivity index (χ2n) is 5.24. The van der Waals surface area contributed by atoms with Gasteiger partial charge in [0, 0.05) is 25.0 Å². The molecule has 1 fully saturated rings. The van der Waals surface area contributed by atoms with E-state index in [0.717, 1.165) is 24.5 Å². The van der Waals surface area contributed by atoms with E-state index in [9.17, 15) is 4.79 Å². The number of thioether (sulfide) groups is 1. The number of hydrogen-bond acceptors (Lipinski definition) is 5. The van der Waals surface area contributed by atoms with Crippen molar-refractivity contribution in [2.24, 2.45) is 0 Å². The summed E-state index contributed by atoms with van der Waals surface area (Å²) in [5, 5.41) is 0.308. The Kier molecular flexibility index (Phi) is 5.23. The van der Waals surface area contributed by atoms with Gasteiger partial charge < -0.3 is 14.1 Å². The standard InChI is InChI=1S/C17H20N2O3S/c1-2-21-16-13(5-3-8-18-16)17(20)19-9-7-15(23-12-10-19)14-6-4-11-22-14/h3-6,8,11,15H,2,7,9-10,12H2,1H3. The van der Waals surface area contributed by atoms with Gasteiger partial charge in [-0.05, 0) is 37.6 Å². The number of hydrogen-bond donors (Lipinski definition) is 0. The van der Waals surface area contributed by atoms with Gasteiger partial charge >= 0.3 is 0 Å². The summed E-state index contributed by atoms with van der Waals surface area (Å²) in [6, 6.07) is 7.47. The van der Waals surface area contributed by atoms with Gasteiger partial charge in [0.15, 0.2) is 0 Å². The number of nitrogens with zero attached hydrogens (tertiary/aromatic N) is 2. The van der Waals surface area contributed by atoms with E-state index < -0.39 is 0 Å². The number of pyridine rings is 1. The molecule has 0 N–H and O–H groups in total. The summed E-state index contributed by atoms with van der Waals surface area (Å²) in [6.45, 7) is 3.81. The van der Waals surface area contributed by atoms with Crippen LogP contribution in [-0.4, -0.2) is 41.2 Å². The molecule has 5 nitrogen and oxygen atoms in total. The summed E-state index contributed by atoms with van der Waals surface area (Å²) in [5.74, 6) is 2.28. The minimum absolute atomic E-state index is 0.0118. The monoisotopic (exact) mass is 332 g/mol. The third-order valence-electron chi connectivity index (χ3n) is 3.77. The smallest absolute Gasteiger partial charge is 0.259 e. The zero-order chi connectivity index (χ0) is 16.1. The minimum atomic E-state index is -0.0118. The lowest BCUT2D eigenvalue weighted by Crippen LogP contribution is -2.33. The normalized spacial score (nSPS) is 18.5. The summed E-state index contributed by atoms with van der Waals surface area (Å²) < 4.78 is 11.0. The van der Waals surface area contributed by atoms with Gasteiger partial charge in [0.1, 0.15) is 11.3 Å². The molecule has 1 unspecified atom stereocenters. The van der Waals surface area contributed by atoms with Crippen molar-refractivity contribution in [1.29, 1.82) is 0 Å². The van der Waals surface area contributed by atoms with Crippen LogP contribution in [0.15, 0.2) is 41.1 Å². The van der Waals surface area contributed by atoms with Crippen molar-refractivity contribution in [3.8, 4) is 5.88 Å². The van der Waals surface area contributed by atoms with Gasteiger partial charge in [0.2, 0.25) is 5.88 Å². The Labute approximate surface area is 140 Å². The van der Waals surface area contributed by atoms with Crippen LogP contribution in [0.4, 0.5) is 0 Å². The molecule has 3 rings (SSSR count). The number of amides is 1. The van der Waals surface area contributed by atoms with Crippen LogP contribution < -0.4 is 4.74 Å². The van der Waals surface area contributed by atoms with Crippen LogP contribution in [-0.2, 0) is 0 Å². The highest BCUT2D eigenvalue weighted by Gasteiger charge is 2.26. The summed E-state index contributed by atoms with van der Waals surface area (Å²) in [6.07, 6.45) is 4.23. The molecule has 2 aromatic rings. The molecule has 0 saturated carbocycles.